The summed E-state index contributed by atoms with van der Waals surface area (Å²) in [6.07, 6.45) is 4.34. The Hall–Kier alpha value is -0.840. The lowest BCUT2D eigenvalue weighted by atomic mass is 10.1. The zero-order valence-corrected chi connectivity index (χ0v) is 11.9. The minimum atomic E-state index is -0.177. The van der Waals surface area contributed by atoms with Crippen molar-refractivity contribution in [2.75, 3.05) is 13.2 Å². The van der Waals surface area contributed by atoms with Crippen molar-refractivity contribution in [3.63, 3.8) is 0 Å². The highest BCUT2D eigenvalue weighted by Gasteiger charge is 2.24. The van der Waals surface area contributed by atoms with Gasteiger partial charge in [0.25, 0.3) is 0 Å². The molecule has 0 spiro atoms. The third kappa shape index (κ3) is 4.06. The maximum atomic E-state index is 6.15. The summed E-state index contributed by atoms with van der Waals surface area (Å²) >= 11 is 0. The fourth-order valence-electron chi connectivity index (χ4n) is 2.39. The Morgan fingerprint density at radius 2 is 2.26 bits per heavy atom. The van der Waals surface area contributed by atoms with E-state index in [1.165, 1.54) is 6.42 Å². The number of hydrogen-bond acceptors (Lipinski definition) is 4. The molecule has 19 heavy (non-hydrogen) atoms. The summed E-state index contributed by atoms with van der Waals surface area (Å²) in [6.45, 7) is 5.44. The minimum Gasteiger partial charge on any atom is -0.464 e. The van der Waals surface area contributed by atoms with Gasteiger partial charge in [-0.3, -0.25) is 0 Å². The van der Waals surface area contributed by atoms with Crippen LogP contribution in [0.2, 0.25) is 0 Å². The lowest BCUT2D eigenvalue weighted by molar-refractivity contribution is -0.0742. The molecular weight excluding hydrogens is 242 g/mol. The Morgan fingerprint density at radius 3 is 2.84 bits per heavy atom. The van der Waals surface area contributed by atoms with Crippen molar-refractivity contribution in [3.05, 3.63) is 23.7 Å². The largest absolute Gasteiger partial charge is 0.464 e. The van der Waals surface area contributed by atoms with E-state index in [2.05, 4.69) is 6.92 Å². The molecule has 0 aromatic carbocycles. The van der Waals surface area contributed by atoms with Crippen LogP contribution < -0.4 is 5.73 Å². The number of furan rings is 1. The van der Waals surface area contributed by atoms with E-state index in [4.69, 9.17) is 19.6 Å². The summed E-state index contributed by atoms with van der Waals surface area (Å²) in [5.74, 6) is 1.71. The molecule has 1 aromatic rings. The molecule has 1 aromatic heterocycles. The van der Waals surface area contributed by atoms with Crippen LogP contribution in [0.25, 0.3) is 0 Å². The van der Waals surface area contributed by atoms with Crippen molar-refractivity contribution < 1.29 is 13.9 Å². The van der Waals surface area contributed by atoms with Crippen LogP contribution in [0.15, 0.2) is 16.5 Å². The Bertz CT molecular complexity index is 371. The minimum absolute atomic E-state index is 0.0471. The van der Waals surface area contributed by atoms with Gasteiger partial charge in [-0.1, -0.05) is 6.92 Å². The van der Waals surface area contributed by atoms with Crippen LogP contribution in [-0.4, -0.2) is 25.4 Å². The molecule has 0 aliphatic carbocycles. The molecule has 2 heterocycles. The average Bonchev–Trinajstić information content (AvgIpc) is 2.86. The predicted octanol–water partition coefficient (Wildman–Crippen LogP) is 2.95. The first-order valence-corrected chi connectivity index (χ1v) is 7.25. The number of hydrogen-bond donors (Lipinski definition) is 1. The van der Waals surface area contributed by atoms with E-state index in [-0.39, 0.29) is 18.2 Å². The molecule has 1 aliphatic heterocycles. The number of nitrogens with two attached hydrogens (primary N) is 1. The molecule has 0 bridgehead atoms. The van der Waals surface area contributed by atoms with E-state index < -0.39 is 0 Å². The topological polar surface area (TPSA) is 57.6 Å². The monoisotopic (exact) mass is 267 g/mol. The van der Waals surface area contributed by atoms with Gasteiger partial charge < -0.3 is 19.6 Å². The van der Waals surface area contributed by atoms with Crippen LogP contribution >= 0.6 is 0 Å². The van der Waals surface area contributed by atoms with E-state index in [9.17, 15) is 0 Å². The van der Waals surface area contributed by atoms with Gasteiger partial charge in [0.2, 0.25) is 0 Å². The summed E-state index contributed by atoms with van der Waals surface area (Å²) in [5.41, 5.74) is 6.15. The molecule has 1 saturated heterocycles. The maximum Gasteiger partial charge on any atom is 0.134 e. The van der Waals surface area contributed by atoms with Gasteiger partial charge >= 0.3 is 0 Å². The Morgan fingerprint density at radius 1 is 1.42 bits per heavy atom. The standard InChI is InChI=1S/C15H25NO3/c1-3-13(16)15(14-8-7-11(2)19-14)18-10-12-6-4-5-9-17-12/h7-8,12-13,15H,3-6,9-10,16H2,1-2H3. The van der Waals surface area contributed by atoms with E-state index in [1.54, 1.807) is 0 Å². The summed E-state index contributed by atoms with van der Waals surface area (Å²) in [5, 5.41) is 0. The van der Waals surface area contributed by atoms with Crippen molar-refractivity contribution in [3.8, 4) is 0 Å². The third-order valence-corrected chi connectivity index (χ3v) is 3.64. The number of rotatable bonds is 6. The average molecular weight is 267 g/mol. The lowest BCUT2D eigenvalue weighted by Crippen LogP contribution is -2.33. The van der Waals surface area contributed by atoms with Crippen molar-refractivity contribution >= 4 is 0 Å². The fraction of sp³-hybridized carbons (Fsp3) is 0.733. The van der Waals surface area contributed by atoms with Gasteiger partial charge in [0.15, 0.2) is 0 Å². The Kier molecular flexibility index (Phi) is 5.43. The molecule has 2 rings (SSSR count). The Labute approximate surface area is 115 Å². The second-order valence-electron chi connectivity index (χ2n) is 5.26. The lowest BCUT2D eigenvalue weighted by Gasteiger charge is -2.27. The molecular formula is C15H25NO3. The maximum absolute atomic E-state index is 6.15. The summed E-state index contributed by atoms with van der Waals surface area (Å²) in [6, 6.07) is 3.86. The molecule has 0 radical (unpaired) electrons. The highest BCUT2D eigenvalue weighted by atomic mass is 16.5. The molecule has 3 unspecified atom stereocenters. The first-order chi connectivity index (χ1) is 9.20. The number of aryl methyl sites for hydroxylation is 1. The van der Waals surface area contributed by atoms with Crippen LogP contribution in [0, 0.1) is 6.92 Å². The van der Waals surface area contributed by atoms with Crippen molar-refractivity contribution in [2.24, 2.45) is 5.73 Å². The van der Waals surface area contributed by atoms with Crippen molar-refractivity contribution in [1.29, 1.82) is 0 Å². The molecule has 0 saturated carbocycles. The normalized spacial score (nSPS) is 23.2. The Balaban J connectivity index is 1.93. The molecule has 4 heteroatoms. The zero-order valence-electron chi connectivity index (χ0n) is 11.9. The van der Waals surface area contributed by atoms with Gasteiger partial charge in [-0.25, -0.2) is 0 Å². The highest BCUT2D eigenvalue weighted by molar-refractivity contribution is 5.10. The molecule has 3 atom stereocenters. The van der Waals surface area contributed by atoms with Gasteiger partial charge in [0, 0.05) is 12.6 Å². The van der Waals surface area contributed by atoms with Gasteiger partial charge in [0.05, 0.1) is 12.7 Å². The van der Waals surface area contributed by atoms with E-state index in [1.807, 2.05) is 19.1 Å². The summed E-state index contributed by atoms with van der Waals surface area (Å²) in [7, 11) is 0. The van der Waals surface area contributed by atoms with Crippen LogP contribution in [0.1, 0.15) is 50.2 Å². The predicted molar refractivity (Wildman–Crippen MR) is 74.0 cm³/mol. The van der Waals surface area contributed by atoms with E-state index >= 15 is 0 Å². The van der Waals surface area contributed by atoms with Crippen molar-refractivity contribution in [1.82, 2.24) is 0 Å². The SMILES string of the molecule is CCC(N)C(OCC1CCCCO1)c1ccc(C)o1. The zero-order chi connectivity index (χ0) is 13.7. The second-order valence-corrected chi connectivity index (χ2v) is 5.26. The molecule has 1 fully saturated rings. The van der Waals surface area contributed by atoms with Crippen LogP contribution in [0.4, 0.5) is 0 Å². The first kappa shape index (κ1) is 14.6. The molecule has 0 amide bonds. The van der Waals surface area contributed by atoms with Gasteiger partial charge in [0.1, 0.15) is 17.6 Å². The third-order valence-electron chi connectivity index (χ3n) is 3.64. The first-order valence-electron chi connectivity index (χ1n) is 7.25. The van der Waals surface area contributed by atoms with Crippen LogP contribution in [-0.2, 0) is 9.47 Å². The highest BCUT2D eigenvalue weighted by Crippen LogP contribution is 2.25. The molecule has 4 nitrogen and oxygen atoms in total. The summed E-state index contributed by atoms with van der Waals surface area (Å²) in [4.78, 5) is 0. The molecule has 2 N–H and O–H groups in total. The van der Waals surface area contributed by atoms with Gasteiger partial charge in [-0.05, 0) is 44.7 Å². The fourth-order valence-corrected chi connectivity index (χ4v) is 2.39. The van der Waals surface area contributed by atoms with Crippen LogP contribution in [0.5, 0.6) is 0 Å². The summed E-state index contributed by atoms with van der Waals surface area (Å²) < 4.78 is 17.3. The van der Waals surface area contributed by atoms with E-state index in [0.717, 1.165) is 37.4 Å². The van der Waals surface area contributed by atoms with Crippen molar-refractivity contribution in [2.45, 2.75) is 57.8 Å². The molecule has 1 aliphatic rings. The smallest absolute Gasteiger partial charge is 0.134 e. The van der Waals surface area contributed by atoms with Gasteiger partial charge in [-0.2, -0.15) is 0 Å². The molecule has 108 valence electrons. The van der Waals surface area contributed by atoms with Gasteiger partial charge in [-0.15, -0.1) is 0 Å². The quantitative estimate of drug-likeness (QED) is 0.861. The van der Waals surface area contributed by atoms with Crippen LogP contribution in [0.3, 0.4) is 0 Å². The second kappa shape index (κ2) is 7.08. The van der Waals surface area contributed by atoms with E-state index in [0.29, 0.717) is 6.61 Å². The number of ether oxygens (including phenoxy) is 2.